The van der Waals surface area contributed by atoms with E-state index in [1.807, 2.05) is 31.2 Å². The van der Waals surface area contributed by atoms with Gasteiger partial charge in [0.25, 0.3) is 0 Å². The van der Waals surface area contributed by atoms with Gasteiger partial charge >= 0.3 is 0 Å². The molecule has 0 fully saturated rings. The molecule has 1 unspecified atom stereocenters. The van der Waals surface area contributed by atoms with Crippen LogP contribution in [0.3, 0.4) is 0 Å². The third-order valence-corrected chi connectivity index (χ3v) is 3.16. The van der Waals surface area contributed by atoms with E-state index < -0.39 is 17.2 Å². The lowest BCUT2D eigenvalue weighted by Gasteiger charge is -2.24. The van der Waals surface area contributed by atoms with Gasteiger partial charge in [0.2, 0.25) is 0 Å². The maximum absolute atomic E-state index is 13.7. The van der Waals surface area contributed by atoms with Crippen LogP contribution in [0, 0.1) is 18.6 Å². The molecular weight excluding hydrogens is 246 g/mol. The van der Waals surface area contributed by atoms with Gasteiger partial charge in [0.15, 0.2) is 11.6 Å². The first-order chi connectivity index (χ1) is 8.90. The Kier molecular flexibility index (Phi) is 3.67. The van der Waals surface area contributed by atoms with Crippen molar-refractivity contribution >= 4 is 0 Å². The van der Waals surface area contributed by atoms with E-state index in [-0.39, 0.29) is 12.0 Å². The Balaban J connectivity index is 2.34. The van der Waals surface area contributed by atoms with Crippen molar-refractivity contribution in [2.24, 2.45) is 0 Å². The molecule has 100 valence electrons. The second-order valence-electron chi connectivity index (χ2n) is 5.04. The van der Waals surface area contributed by atoms with Crippen molar-refractivity contribution in [3.8, 4) is 0 Å². The quantitative estimate of drug-likeness (QED) is 0.893. The smallest absolute Gasteiger partial charge is 0.164 e. The van der Waals surface area contributed by atoms with Crippen molar-refractivity contribution in [3.63, 3.8) is 0 Å². The molecule has 0 aliphatic rings. The van der Waals surface area contributed by atoms with E-state index in [2.05, 4.69) is 0 Å². The van der Waals surface area contributed by atoms with Crippen LogP contribution < -0.4 is 0 Å². The predicted octanol–water partition coefficient (Wildman–Crippen LogP) is 3.72. The molecule has 0 amide bonds. The van der Waals surface area contributed by atoms with Gasteiger partial charge < -0.3 is 5.11 Å². The Morgan fingerprint density at radius 1 is 1.11 bits per heavy atom. The van der Waals surface area contributed by atoms with Crippen molar-refractivity contribution in [3.05, 3.63) is 70.8 Å². The number of benzene rings is 2. The summed E-state index contributed by atoms with van der Waals surface area (Å²) in [6.07, 6.45) is 0.231. The van der Waals surface area contributed by atoms with E-state index in [1.165, 1.54) is 19.1 Å². The van der Waals surface area contributed by atoms with E-state index in [0.717, 1.165) is 17.2 Å². The minimum Gasteiger partial charge on any atom is -0.385 e. The molecule has 0 saturated heterocycles. The second-order valence-corrected chi connectivity index (χ2v) is 5.04. The Morgan fingerprint density at radius 2 is 1.79 bits per heavy atom. The van der Waals surface area contributed by atoms with E-state index in [0.29, 0.717) is 0 Å². The van der Waals surface area contributed by atoms with Crippen LogP contribution in [0.1, 0.15) is 23.6 Å². The third-order valence-electron chi connectivity index (χ3n) is 3.16. The number of rotatable bonds is 3. The summed E-state index contributed by atoms with van der Waals surface area (Å²) in [5, 5.41) is 10.4. The molecule has 0 aliphatic carbocycles. The molecule has 3 heteroatoms. The fourth-order valence-electron chi connectivity index (χ4n) is 2.23. The van der Waals surface area contributed by atoms with E-state index in [4.69, 9.17) is 0 Å². The van der Waals surface area contributed by atoms with Gasteiger partial charge in [-0.1, -0.05) is 42.0 Å². The van der Waals surface area contributed by atoms with E-state index in [1.54, 1.807) is 0 Å². The fraction of sp³-hybridized carbons (Fsp3) is 0.250. The third kappa shape index (κ3) is 2.99. The first-order valence-corrected chi connectivity index (χ1v) is 6.12. The minimum atomic E-state index is -1.44. The molecule has 0 bridgehead atoms. The van der Waals surface area contributed by atoms with Crippen LogP contribution in [0.15, 0.2) is 42.5 Å². The number of hydrogen-bond acceptors (Lipinski definition) is 1. The monoisotopic (exact) mass is 262 g/mol. The van der Waals surface area contributed by atoms with Crippen molar-refractivity contribution in [2.45, 2.75) is 25.9 Å². The zero-order valence-electron chi connectivity index (χ0n) is 11.0. The van der Waals surface area contributed by atoms with Crippen LogP contribution >= 0.6 is 0 Å². The molecule has 0 spiro atoms. The summed E-state index contributed by atoms with van der Waals surface area (Å²) in [6.45, 7) is 3.44. The van der Waals surface area contributed by atoms with Gasteiger partial charge in [-0.05, 0) is 25.5 Å². The van der Waals surface area contributed by atoms with Crippen molar-refractivity contribution in [1.29, 1.82) is 0 Å². The van der Waals surface area contributed by atoms with Crippen LogP contribution in [0.5, 0.6) is 0 Å². The molecule has 0 aliphatic heterocycles. The van der Waals surface area contributed by atoms with Crippen LogP contribution in [0.2, 0.25) is 0 Å². The Hall–Kier alpha value is -1.74. The Labute approximate surface area is 111 Å². The van der Waals surface area contributed by atoms with Gasteiger partial charge in [0.05, 0.1) is 5.60 Å². The van der Waals surface area contributed by atoms with Crippen molar-refractivity contribution < 1.29 is 13.9 Å². The summed E-state index contributed by atoms with van der Waals surface area (Å²) in [6, 6.07) is 11.5. The van der Waals surface area contributed by atoms with Gasteiger partial charge in [0, 0.05) is 12.0 Å². The maximum Gasteiger partial charge on any atom is 0.164 e. The standard InChI is InChI=1S/C16H16F2O/c1-11-5-3-6-12(9-11)10-16(2,19)13-7-4-8-14(17)15(13)18/h3-9,19H,10H2,1-2H3. The SMILES string of the molecule is Cc1cccc(CC(C)(O)c2cccc(F)c2F)c1. The number of aliphatic hydroxyl groups is 1. The molecule has 1 N–H and O–H groups in total. The summed E-state index contributed by atoms with van der Waals surface area (Å²) >= 11 is 0. The molecule has 0 aromatic heterocycles. The largest absolute Gasteiger partial charge is 0.385 e. The molecule has 0 saturated carbocycles. The highest BCUT2D eigenvalue weighted by Crippen LogP contribution is 2.28. The zero-order chi connectivity index (χ0) is 14.0. The molecule has 0 heterocycles. The lowest BCUT2D eigenvalue weighted by atomic mass is 9.88. The summed E-state index contributed by atoms with van der Waals surface area (Å²) < 4.78 is 27.0. The van der Waals surface area contributed by atoms with Gasteiger partial charge in [-0.25, -0.2) is 8.78 Å². The van der Waals surface area contributed by atoms with Crippen molar-refractivity contribution in [2.75, 3.05) is 0 Å². The minimum absolute atomic E-state index is 0.0194. The average Bonchev–Trinajstić information content (AvgIpc) is 2.32. The Bertz CT molecular complexity index is 591. The lowest BCUT2D eigenvalue weighted by Crippen LogP contribution is -2.26. The highest BCUT2D eigenvalue weighted by atomic mass is 19.2. The molecule has 2 aromatic rings. The predicted molar refractivity (Wildman–Crippen MR) is 70.8 cm³/mol. The number of aryl methyl sites for hydroxylation is 1. The molecule has 2 rings (SSSR count). The van der Waals surface area contributed by atoms with Gasteiger partial charge in [-0.15, -0.1) is 0 Å². The zero-order valence-corrected chi connectivity index (χ0v) is 11.0. The van der Waals surface area contributed by atoms with Crippen LogP contribution in [0.4, 0.5) is 8.78 Å². The first-order valence-electron chi connectivity index (χ1n) is 6.12. The van der Waals surface area contributed by atoms with Crippen molar-refractivity contribution in [1.82, 2.24) is 0 Å². The average molecular weight is 262 g/mol. The lowest BCUT2D eigenvalue weighted by molar-refractivity contribution is 0.0530. The molecule has 1 atom stereocenters. The van der Waals surface area contributed by atoms with E-state index >= 15 is 0 Å². The fourth-order valence-corrected chi connectivity index (χ4v) is 2.23. The number of halogens is 2. The van der Waals surface area contributed by atoms with Gasteiger partial charge in [0.1, 0.15) is 0 Å². The highest BCUT2D eigenvalue weighted by molar-refractivity contribution is 5.29. The van der Waals surface area contributed by atoms with Crippen LogP contribution in [-0.4, -0.2) is 5.11 Å². The van der Waals surface area contributed by atoms with E-state index in [9.17, 15) is 13.9 Å². The number of hydrogen-bond donors (Lipinski definition) is 1. The molecular formula is C16H16F2O. The summed E-state index contributed by atoms with van der Waals surface area (Å²) in [4.78, 5) is 0. The molecule has 1 nitrogen and oxygen atoms in total. The summed E-state index contributed by atoms with van der Waals surface area (Å²) in [5.74, 6) is -1.93. The molecule has 0 radical (unpaired) electrons. The summed E-state index contributed by atoms with van der Waals surface area (Å²) in [7, 11) is 0. The van der Waals surface area contributed by atoms with Gasteiger partial charge in [-0.3, -0.25) is 0 Å². The van der Waals surface area contributed by atoms with Crippen LogP contribution in [0.25, 0.3) is 0 Å². The van der Waals surface area contributed by atoms with Crippen LogP contribution in [-0.2, 0) is 12.0 Å². The summed E-state index contributed by atoms with van der Waals surface area (Å²) in [5.41, 5.74) is 0.482. The molecule has 19 heavy (non-hydrogen) atoms. The van der Waals surface area contributed by atoms with Gasteiger partial charge in [-0.2, -0.15) is 0 Å². The maximum atomic E-state index is 13.7. The Morgan fingerprint density at radius 3 is 2.47 bits per heavy atom. The highest BCUT2D eigenvalue weighted by Gasteiger charge is 2.28. The first kappa shape index (κ1) is 13.7. The second kappa shape index (κ2) is 5.10. The normalized spacial score (nSPS) is 14.2. The topological polar surface area (TPSA) is 20.2 Å². The molecule has 2 aromatic carbocycles.